The third-order valence-corrected chi connectivity index (χ3v) is 5.96. The minimum atomic E-state index is -0.118. The highest BCUT2D eigenvalue weighted by Crippen LogP contribution is 2.38. The van der Waals surface area contributed by atoms with Gasteiger partial charge in [-0.05, 0) is 31.4 Å². The van der Waals surface area contributed by atoms with Crippen LogP contribution in [0.3, 0.4) is 0 Å². The number of hydrogen-bond acceptors (Lipinski definition) is 3. The Bertz CT molecular complexity index is 596. The van der Waals surface area contributed by atoms with Crippen LogP contribution >= 0.6 is 35.7 Å². The molecule has 1 spiro atoms. The minimum absolute atomic E-state index is 0. The summed E-state index contributed by atoms with van der Waals surface area (Å²) >= 11 is 1.73. The molecule has 2 fully saturated rings. The molecular weight excluding hydrogens is 464 g/mol. The third-order valence-electron chi connectivity index (χ3n) is 4.97. The Balaban J connectivity index is 0.00000243. The fraction of sp³-hybridized carbons (Fsp3) is 0.632. The van der Waals surface area contributed by atoms with Crippen molar-refractivity contribution in [3.63, 3.8) is 0 Å². The van der Waals surface area contributed by atoms with Crippen LogP contribution in [-0.4, -0.2) is 56.0 Å². The number of nitrogens with zero attached hydrogens (tertiary/aromatic N) is 2. The van der Waals surface area contributed by atoms with Crippen molar-refractivity contribution < 1.29 is 9.13 Å². The van der Waals surface area contributed by atoms with Gasteiger partial charge in [-0.2, -0.15) is 11.8 Å². The quantitative estimate of drug-likeness (QED) is 0.284. The van der Waals surface area contributed by atoms with Crippen LogP contribution in [0.4, 0.5) is 4.39 Å². The van der Waals surface area contributed by atoms with Crippen molar-refractivity contribution in [3.05, 3.63) is 35.6 Å². The monoisotopic (exact) mass is 493 g/mol. The normalized spacial score (nSPS) is 22.7. The van der Waals surface area contributed by atoms with Crippen LogP contribution in [0, 0.1) is 11.2 Å². The van der Waals surface area contributed by atoms with E-state index in [-0.39, 0.29) is 29.8 Å². The molecule has 146 valence electrons. The first kappa shape index (κ1) is 21.8. The van der Waals surface area contributed by atoms with Crippen LogP contribution in [0.2, 0.25) is 0 Å². The maximum atomic E-state index is 13.6. The van der Waals surface area contributed by atoms with Gasteiger partial charge in [0.05, 0.1) is 13.2 Å². The van der Waals surface area contributed by atoms with E-state index in [1.807, 2.05) is 12.1 Å². The summed E-state index contributed by atoms with van der Waals surface area (Å²) in [6, 6.07) is 6.99. The van der Waals surface area contributed by atoms with Gasteiger partial charge in [0, 0.05) is 43.2 Å². The maximum Gasteiger partial charge on any atom is 0.193 e. The fourth-order valence-electron chi connectivity index (χ4n) is 3.53. The Hall–Kier alpha value is -0.540. The summed E-state index contributed by atoms with van der Waals surface area (Å²) in [7, 11) is 0. The zero-order chi connectivity index (χ0) is 17.5. The van der Waals surface area contributed by atoms with E-state index in [9.17, 15) is 4.39 Å². The Kier molecular flexibility index (Phi) is 8.96. The first-order chi connectivity index (χ1) is 12.2. The van der Waals surface area contributed by atoms with Crippen molar-refractivity contribution in [2.24, 2.45) is 10.4 Å². The van der Waals surface area contributed by atoms with Crippen LogP contribution in [0.5, 0.6) is 0 Å². The van der Waals surface area contributed by atoms with E-state index in [0.717, 1.165) is 56.7 Å². The van der Waals surface area contributed by atoms with Crippen LogP contribution in [0.15, 0.2) is 29.3 Å². The van der Waals surface area contributed by atoms with Gasteiger partial charge in [0.15, 0.2) is 5.96 Å². The molecule has 0 aromatic heterocycles. The molecule has 1 N–H and O–H groups in total. The lowest BCUT2D eigenvalue weighted by atomic mass is 9.87. The predicted molar refractivity (Wildman–Crippen MR) is 118 cm³/mol. The van der Waals surface area contributed by atoms with Gasteiger partial charge in [-0.25, -0.2) is 4.39 Å². The third kappa shape index (κ3) is 5.73. The van der Waals surface area contributed by atoms with Crippen LogP contribution < -0.4 is 5.32 Å². The molecule has 0 radical (unpaired) electrons. The van der Waals surface area contributed by atoms with Crippen LogP contribution in [-0.2, 0) is 10.5 Å². The van der Waals surface area contributed by atoms with E-state index >= 15 is 0 Å². The molecule has 1 atom stereocenters. The van der Waals surface area contributed by atoms with E-state index < -0.39 is 0 Å². The molecule has 2 saturated heterocycles. The van der Waals surface area contributed by atoms with E-state index in [2.05, 4.69) is 17.1 Å². The highest BCUT2D eigenvalue weighted by molar-refractivity contribution is 14.0. The number of ether oxygens (including phenoxy) is 1. The molecule has 0 aliphatic carbocycles. The molecule has 2 aliphatic heterocycles. The average Bonchev–Trinajstić information content (AvgIpc) is 3.25. The zero-order valence-corrected chi connectivity index (χ0v) is 18.5. The summed E-state index contributed by atoms with van der Waals surface area (Å²) < 4.78 is 19.2. The van der Waals surface area contributed by atoms with Gasteiger partial charge in [0.2, 0.25) is 0 Å². The van der Waals surface area contributed by atoms with E-state index in [0.29, 0.717) is 11.2 Å². The van der Waals surface area contributed by atoms with Crippen LogP contribution in [0.25, 0.3) is 0 Å². The van der Waals surface area contributed by atoms with Gasteiger partial charge in [-0.1, -0.05) is 18.2 Å². The maximum absolute atomic E-state index is 13.6. The molecule has 2 aliphatic rings. The van der Waals surface area contributed by atoms with Gasteiger partial charge >= 0.3 is 0 Å². The summed E-state index contributed by atoms with van der Waals surface area (Å²) in [5, 5.41) is 3.41. The molecule has 0 bridgehead atoms. The summed E-state index contributed by atoms with van der Waals surface area (Å²) in [5.74, 6) is 2.49. The second kappa shape index (κ2) is 10.7. The molecule has 1 aromatic carbocycles. The number of rotatable bonds is 6. The molecule has 26 heavy (non-hydrogen) atoms. The second-order valence-electron chi connectivity index (χ2n) is 6.85. The SMILES string of the molecule is CCNC(=NCCSCc1ccccc1F)N1CCC2(CCOC2)C1.I. The standard InChI is InChI=1S/C19H28FN3OS.HI/c1-2-21-18(23-10-7-19(14-23)8-11-24-15-19)22-9-12-25-13-16-5-3-4-6-17(16)20;/h3-6H,2,7-15H2,1H3,(H,21,22);1H. The van der Waals surface area contributed by atoms with Gasteiger partial charge < -0.3 is 15.0 Å². The van der Waals surface area contributed by atoms with Crippen molar-refractivity contribution in [2.75, 3.05) is 45.1 Å². The molecule has 7 heteroatoms. The number of thioether (sulfide) groups is 1. The first-order valence-corrected chi connectivity index (χ1v) is 10.3. The van der Waals surface area contributed by atoms with Crippen molar-refractivity contribution >= 4 is 41.7 Å². The number of hydrogen-bond donors (Lipinski definition) is 1. The first-order valence-electron chi connectivity index (χ1n) is 9.15. The Morgan fingerprint density at radius 2 is 2.23 bits per heavy atom. The van der Waals surface area contributed by atoms with E-state index in [1.165, 1.54) is 18.9 Å². The number of halogens is 2. The Labute approximate surface area is 177 Å². The largest absolute Gasteiger partial charge is 0.381 e. The summed E-state index contributed by atoms with van der Waals surface area (Å²) in [4.78, 5) is 7.15. The summed E-state index contributed by atoms with van der Waals surface area (Å²) in [5.41, 5.74) is 1.11. The molecule has 0 amide bonds. The summed E-state index contributed by atoms with van der Waals surface area (Å²) in [6.45, 7) is 7.62. The fourth-order valence-corrected chi connectivity index (χ4v) is 4.35. The molecule has 1 unspecified atom stereocenters. The molecule has 2 heterocycles. The highest BCUT2D eigenvalue weighted by Gasteiger charge is 2.42. The average molecular weight is 493 g/mol. The number of likely N-dealkylation sites (tertiary alicyclic amines) is 1. The number of benzene rings is 1. The highest BCUT2D eigenvalue weighted by atomic mass is 127. The van der Waals surface area contributed by atoms with Gasteiger partial charge in [-0.15, -0.1) is 24.0 Å². The molecule has 0 saturated carbocycles. The lowest BCUT2D eigenvalue weighted by Crippen LogP contribution is -2.41. The number of nitrogens with one attached hydrogen (secondary N) is 1. The molecule has 1 aromatic rings. The van der Waals surface area contributed by atoms with Crippen molar-refractivity contribution in [2.45, 2.75) is 25.5 Å². The number of aliphatic imine (C=N–C) groups is 1. The summed E-state index contributed by atoms with van der Waals surface area (Å²) in [6.07, 6.45) is 2.36. The smallest absolute Gasteiger partial charge is 0.193 e. The second-order valence-corrected chi connectivity index (χ2v) is 7.96. The lowest BCUT2D eigenvalue weighted by molar-refractivity contribution is 0.156. The van der Waals surface area contributed by atoms with Crippen molar-refractivity contribution in [3.8, 4) is 0 Å². The lowest BCUT2D eigenvalue weighted by Gasteiger charge is -2.24. The molecule has 3 rings (SSSR count). The number of guanidine groups is 1. The van der Waals surface area contributed by atoms with Crippen molar-refractivity contribution in [1.82, 2.24) is 10.2 Å². The minimum Gasteiger partial charge on any atom is -0.381 e. The predicted octanol–water partition coefficient (Wildman–Crippen LogP) is 3.75. The van der Waals surface area contributed by atoms with Gasteiger partial charge in [-0.3, -0.25) is 4.99 Å². The van der Waals surface area contributed by atoms with E-state index in [4.69, 9.17) is 9.73 Å². The van der Waals surface area contributed by atoms with Crippen molar-refractivity contribution in [1.29, 1.82) is 0 Å². The zero-order valence-electron chi connectivity index (χ0n) is 15.4. The molecule has 4 nitrogen and oxygen atoms in total. The topological polar surface area (TPSA) is 36.9 Å². The van der Waals surface area contributed by atoms with Crippen LogP contribution in [0.1, 0.15) is 25.3 Å². The Morgan fingerprint density at radius 3 is 2.96 bits per heavy atom. The Morgan fingerprint density at radius 1 is 1.38 bits per heavy atom. The van der Waals surface area contributed by atoms with E-state index in [1.54, 1.807) is 17.8 Å². The molecular formula is C19H29FIN3OS. The van der Waals surface area contributed by atoms with Gasteiger partial charge in [0.1, 0.15) is 5.82 Å². The van der Waals surface area contributed by atoms with Gasteiger partial charge in [0.25, 0.3) is 0 Å².